The van der Waals surface area contributed by atoms with Crippen LogP contribution in [0, 0.1) is 0 Å². The maximum absolute atomic E-state index is 13.3. The molecule has 12 heteroatoms. The number of aromatic nitrogens is 3. The molecule has 33 heavy (non-hydrogen) atoms. The van der Waals surface area contributed by atoms with Gasteiger partial charge < -0.3 is 30.6 Å². The number of benzene rings is 3. The lowest BCUT2D eigenvalue weighted by Gasteiger charge is -2.16. The second kappa shape index (κ2) is 7.53. The zero-order valence-electron chi connectivity index (χ0n) is 16.4. The van der Waals surface area contributed by atoms with E-state index in [-0.39, 0.29) is 0 Å². The lowest BCUT2D eigenvalue weighted by Crippen LogP contribution is -2.52. The summed E-state index contributed by atoms with van der Waals surface area (Å²) in [7, 11) is 0. The van der Waals surface area contributed by atoms with E-state index in [1.54, 1.807) is 0 Å². The Hall–Kier alpha value is -5.13. The first kappa shape index (κ1) is 21.1. The fourth-order valence-corrected chi connectivity index (χ4v) is 3.26. The Balaban J connectivity index is 2.27. The van der Waals surface area contributed by atoms with E-state index in [9.17, 15) is 45.0 Å². The van der Waals surface area contributed by atoms with Crippen molar-refractivity contribution in [3.8, 4) is 51.6 Å². The number of hydrogen-bond donors (Lipinski definition) is 6. The van der Waals surface area contributed by atoms with E-state index < -0.39 is 68.6 Å². The van der Waals surface area contributed by atoms with Crippen LogP contribution in [0.3, 0.4) is 0 Å². The minimum atomic E-state index is -1.37. The Morgan fingerprint density at radius 3 is 0.909 bits per heavy atom. The van der Waals surface area contributed by atoms with E-state index in [1.165, 1.54) is 18.2 Å². The summed E-state index contributed by atoms with van der Waals surface area (Å²) in [4.78, 5) is 39.9. The van der Waals surface area contributed by atoms with E-state index in [0.29, 0.717) is 13.7 Å². The molecule has 0 fully saturated rings. The smallest absolute Gasteiger partial charge is 0.345 e. The fraction of sp³-hybridized carbons (Fsp3) is 0. The molecule has 0 bridgehead atoms. The van der Waals surface area contributed by atoms with Crippen LogP contribution in [0.25, 0.3) is 17.1 Å². The summed E-state index contributed by atoms with van der Waals surface area (Å²) in [6.07, 6.45) is 0. The summed E-state index contributed by atoms with van der Waals surface area (Å²) in [5.41, 5.74) is -5.68. The van der Waals surface area contributed by atoms with Gasteiger partial charge in [-0.3, -0.25) is 0 Å². The van der Waals surface area contributed by atoms with E-state index in [4.69, 9.17) is 0 Å². The van der Waals surface area contributed by atoms with Crippen LogP contribution >= 0.6 is 0 Å². The molecule has 0 amide bonds. The molecule has 3 aromatic carbocycles. The molecular weight excluding hydrogens is 438 g/mol. The minimum absolute atomic E-state index is 0.309. The average molecular weight is 453 g/mol. The minimum Gasteiger partial charge on any atom is -0.504 e. The van der Waals surface area contributed by atoms with Crippen LogP contribution in [-0.4, -0.2) is 44.3 Å². The largest absolute Gasteiger partial charge is 0.504 e. The molecule has 0 radical (unpaired) electrons. The maximum atomic E-state index is 13.3. The van der Waals surface area contributed by atoms with Crippen LogP contribution in [-0.2, 0) is 0 Å². The normalized spacial score (nSPS) is 10.9. The van der Waals surface area contributed by atoms with Gasteiger partial charge in [0.15, 0.2) is 34.5 Å². The topological polar surface area (TPSA) is 187 Å². The SMILES string of the molecule is O=c1n(-c2cccc(O)c2O)c(=O)n(-c2cccc(O)c2O)c(=O)n1-c1cccc(O)c1O. The number of phenols is 6. The lowest BCUT2D eigenvalue weighted by molar-refractivity contribution is 0.396. The molecule has 12 nitrogen and oxygen atoms in total. The van der Waals surface area contributed by atoms with Gasteiger partial charge in [0.1, 0.15) is 17.1 Å². The predicted molar refractivity (Wildman–Crippen MR) is 113 cm³/mol. The van der Waals surface area contributed by atoms with Gasteiger partial charge in [0.2, 0.25) is 0 Å². The standard InChI is InChI=1S/C21H15N3O9/c25-13-7-1-4-10(16(13)28)22-19(31)23(11-5-2-8-14(26)17(11)29)21(33)24(20(22)32)12-6-3-9-15(27)18(12)30/h1-9,25-30H. The van der Waals surface area contributed by atoms with Crippen LogP contribution in [0.5, 0.6) is 34.5 Å². The monoisotopic (exact) mass is 453 g/mol. The van der Waals surface area contributed by atoms with Gasteiger partial charge in [0.05, 0.1) is 0 Å². The second-order valence-corrected chi connectivity index (χ2v) is 6.79. The van der Waals surface area contributed by atoms with Crippen LogP contribution in [0.1, 0.15) is 0 Å². The average Bonchev–Trinajstić information content (AvgIpc) is 2.77. The van der Waals surface area contributed by atoms with Gasteiger partial charge in [-0.2, -0.15) is 0 Å². The van der Waals surface area contributed by atoms with E-state index in [1.807, 2.05) is 0 Å². The molecule has 0 saturated carbocycles. The molecule has 0 aliphatic carbocycles. The van der Waals surface area contributed by atoms with E-state index in [0.717, 1.165) is 36.4 Å². The summed E-state index contributed by atoms with van der Waals surface area (Å²) in [5.74, 6) is -4.63. The van der Waals surface area contributed by atoms with Crippen molar-refractivity contribution < 1.29 is 30.6 Å². The third-order valence-electron chi connectivity index (χ3n) is 4.85. The molecule has 168 valence electrons. The van der Waals surface area contributed by atoms with Crippen molar-refractivity contribution >= 4 is 0 Å². The number of nitrogens with zero attached hydrogens (tertiary/aromatic N) is 3. The van der Waals surface area contributed by atoms with Crippen molar-refractivity contribution in [2.75, 3.05) is 0 Å². The number of phenolic OH excluding ortho intramolecular Hbond substituents is 6. The highest BCUT2D eigenvalue weighted by Crippen LogP contribution is 2.33. The molecule has 6 N–H and O–H groups in total. The molecule has 0 saturated heterocycles. The Morgan fingerprint density at radius 2 is 0.667 bits per heavy atom. The van der Waals surface area contributed by atoms with Crippen LogP contribution < -0.4 is 17.1 Å². The van der Waals surface area contributed by atoms with Gasteiger partial charge in [0.25, 0.3) is 0 Å². The molecule has 4 aromatic rings. The van der Waals surface area contributed by atoms with Gasteiger partial charge in [-0.1, -0.05) is 18.2 Å². The molecule has 0 aliphatic rings. The van der Waals surface area contributed by atoms with Crippen molar-refractivity contribution in [1.29, 1.82) is 0 Å². The maximum Gasteiger partial charge on any atom is 0.345 e. The summed E-state index contributed by atoms with van der Waals surface area (Å²) in [6.45, 7) is 0. The molecule has 0 atom stereocenters. The van der Waals surface area contributed by atoms with Crippen LogP contribution in [0.2, 0.25) is 0 Å². The molecule has 0 aliphatic heterocycles. The summed E-state index contributed by atoms with van der Waals surface area (Å²) in [5, 5.41) is 60.3. The highest BCUT2D eigenvalue weighted by molar-refractivity contribution is 5.57. The number of hydrogen-bond acceptors (Lipinski definition) is 9. The summed E-state index contributed by atoms with van der Waals surface area (Å²) >= 11 is 0. The zero-order valence-corrected chi connectivity index (χ0v) is 16.4. The lowest BCUT2D eigenvalue weighted by atomic mass is 10.2. The Morgan fingerprint density at radius 1 is 0.424 bits per heavy atom. The highest BCUT2D eigenvalue weighted by atomic mass is 16.3. The van der Waals surface area contributed by atoms with Gasteiger partial charge >= 0.3 is 17.1 Å². The molecule has 4 rings (SSSR count). The highest BCUT2D eigenvalue weighted by Gasteiger charge is 2.25. The van der Waals surface area contributed by atoms with E-state index in [2.05, 4.69) is 0 Å². The molecule has 0 unspecified atom stereocenters. The van der Waals surface area contributed by atoms with Crippen LogP contribution in [0.15, 0.2) is 69.0 Å². The summed E-state index contributed by atoms with van der Waals surface area (Å²) < 4.78 is 0.927. The third kappa shape index (κ3) is 3.13. The molecular formula is C21H15N3O9. The molecule has 1 aromatic heterocycles. The van der Waals surface area contributed by atoms with Crippen molar-refractivity contribution in [2.45, 2.75) is 0 Å². The van der Waals surface area contributed by atoms with Crippen molar-refractivity contribution in [3.05, 3.63) is 86.1 Å². The zero-order chi connectivity index (χ0) is 24.0. The van der Waals surface area contributed by atoms with Crippen LogP contribution in [0.4, 0.5) is 0 Å². The Labute approximate surface area is 182 Å². The van der Waals surface area contributed by atoms with Gasteiger partial charge in [-0.05, 0) is 36.4 Å². The first-order valence-electron chi connectivity index (χ1n) is 9.20. The Bertz CT molecular complexity index is 1380. The third-order valence-corrected chi connectivity index (χ3v) is 4.85. The van der Waals surface area contributed by atoms with Gasteiger partial charge in [-0.25, -0.2) is 28.1 Å². The second-order valence-electron chi connectivity index (χ2n) is 6.79. The Kier molecular flexibility index (Phi) is 4.82. The quantitative estimate of drug-likeness (QED) is 0.238. The van der Waals surface area contributed by atoms with Crippen molar-refractivity contribution in [2.24, 2.45) is 0 Å². The predicted octanol–water partition coefficient (Wildman–Crippen LogP) is 0.373. The van der Waals surface area contributed by atoms with Crippen molar-refractivity contribution in [1.82, 2.24) is 13.7 Å². The first-order chi connectivity index (χ1) is 15.6. The van der Waals surface area contributed by atoms with Crippen molar-refractivity contribution in [3.63, 3.8) is 0 Å². The van der Waals surface area contributed by atoms with Gasteiger partial charge in [-0.15, -0.1) is 0 Å². The molecule has 0 spiro atoms. The number of rotatable bonds is 3. The number of aromatic hydroxyl groups is 6. The van der Waals surface area contributed by atoms with E-state index >= 15 is 0 Å². The van der Waals surface area contributed by atoms with Gasteiger partial charge in [0, 0.05) is 0 Å². The number of para-hydroxylation sites is 3. The fourth-order valence-electron chi connectivity index (χ4n) is 3.26. The summed E-state index contributed by atoms with van der Waals surface area (Å²) in [6, 6.07) is 10.2. The first-order valence-corrected chi connectivity index (χ1v) is 9.20. The molecule has 1 heterocycles.